The SMILES string of the molecule is Cc1ccc2c(n1)oc1c(-c3c(-c4c(F)c(F)c(F)c(F)c4F)ccc[n+]3C)c(C)ccc12.Cc1ccc2c(n1)oc1c(-c3cc(-c4c(F)c(F)c(F)c(F)c4F)cc[n+]3C)c(C)ccc12.Cc1ccc2c(oc3nc(C(C)C)ccc32)c1-c1cc(-c2ccccc2)cc[n+]1C.Cc1ccc2c(oc3nc(C(C)C)ccc32)c1-c1ccc(-c2ccccc2)c[n+]1C. The van der Waals surface area contributed by atoms with E-state index in [2.05, 4.69) is 208 Å². The second kappa shape index (κ2) is 33.3. The fraction of sp³-hybridized carbons (Fsp3) is 0.154. The van der Waals surface area contributed by atoms with Crippen LogP contribution in [0.5, 0.6) is 0 Å². The minimum absolute atomic E-state index is 0.155. The Balaban J connectivity index is 0.000000119. The Hall–Kier alpha value is -14.5. The predicted molar refractivity (Wildman–Crippen MR) is 470 cm³/mol. The molecule has 22 heteroatoms. The first-order chi connectivity index (χ1) is 60.4. The second-order valence-electron chi connectivity index (χ2n) is 32.3. The fourth-order valence-electron chi connectivity index (χ4n) is 16.5. The molecule has 0 atom stereocenters. The smallest absolute Gasteiger partial charge is 0.227 e. The molecule has 0 aliphatic heterocycles. The summed E-state index contributed by atoms with van der Waals surface area (Å²) in [6.45, 7) is 20.2. The van der Waals surface area contributed by atoms with Gasteiger partial charge in [-0.05, 0) is 153 Å². The van der Waals surface area contributed by atoms with Crippen molar-refractivity contribution in [3.63, 3.8) is 0 Å². The van der Waals surface area contributed by atoms with Gasteiger partial charge in [-0.3, -0.25) is 0 Å². The first-order valence-electron chi connectivity index (χ1n) is 40.8. The molecule has 0 saturated heterocycles. The molecule has 0 amide bonds. The molecule has 12 aromatic heterocycles. The van der Waals surface area contributed by atoms with Crippen LogP contribution in [-0.4, -0.2) is 19.9 Å². The van der Waals surface area contributed by atoms with Gasteiger partial charge < -0.3 is 17.7 Å². The zero-order valence-electron chi connectivity index (χ0n) is 71.1. The van der Waals surface area contributed by atoms with Crippen molar-refractivity contribution in [1.29, 1.82) is 0 Å². The molecule has 0 radical (unpaired) electrons. The summed E-state index contributed by atoms with van der Waals surface area (Å²) < 4.78 is 174. The number of fused-ring (bicyclic) bond motifs is 12. The highest BCUT2D eigenvalue weighted by Gasteiger charge is 2.35. The minimum Gasteiger partial charge on any atom is -0.437 e. The molecule has 628 valence electrons. The van der Waals surface area contributed by atoms with Crippen LogP contribution in [0.1, 0.15) is 84.6 Å². The van der Waals surface area contributed by atoms with Crippen molar-refractivity contribution in [3.8, 4) is 89.5 Å². The summed E-state index contributed by atoms with van der Waals surface area (Å²) >= 11 is 0. The first-order valence-corrected chi connectivity index (χ1v) is 40.8. The number of benzene rings is 8. The number of rotatable bonds is 10. The summed E-state index contributed by atoms with van der Waals surface area (Å²) in [6, 6.07) is 67.2. The van der Waals surface area contributed by atoms with Crippen molar-refractivity contribution in [3.05, 3.63) is 334 Å². The lowest BCUT2D eigenvalue weighted by Gasteiger charge is -2.13. The summed E-state index contributed by atoms with van der Waals surface area (Å²) in [4.78, 5) is 18.4. The molecule has 8 aromatic carbocycles. The molecule has 0 unspecified atom stereocenters. The number of nitrogens with zero attached hydrogens (tertiary/aromatic N) is 8. The van der Waals surface area contributed by atoms with Gasteiger partial charge in [0.05, 0.1) is 38.9 Å². The Bertz CT molecular complexity index is 7760. The minimum atomic E-state index is -2.20. The zero-order valence-corrected chi connectivity index (χ0v) is 71.1. The van der Waals surface area contributed by atoms with E-state index < -0.39 is 69.3 Å². The van der Waals surface area contributed by atoms with Gasteiger partial charge in [-0.25, -0.2) is 82.1 Å². The summed E-state index contributed by atoms with van der Waals surface area (Å²) in [6.07, 6.45) is 7.41. The Morgan fingerprint density at radius 2 is 0.611 bits per heavy atom. The van der Waals surface area contributed by atoms with E-state index in [4.69, 9.17) is 27.6 Å². The van der Waals surface area contributed by atoms with Crippen LogP contribution in [-0.2, 0) is 28.2 Å². The summed E-state index contributed by atoms with van der Waals surface area (Å²) in [5.74, 6) is -19.2. The molecule has 126 heavy (non-hydrogen) atoms. The summed E-state index contributed by atoms with van der Waals surface area (Å²) in [7, 11) is 7.51. The fourth-order valence-corrected chi connectivity index (χ4v) is 16.5. The van der Waals surface area contributed by atoms with Gasteiger partial charge in [0.15, 0.2) is 93.7 Å². The molecule has 0 aliphatic rings. The van der Waals surface area contributed by atoms with Gasteiger partial charge in [0.25, 0.3) is 0 Å². The number of hydrogen-bond donors (Lipinski definition) is 0. The molecule has 12 nitrogen and oxygen atoms in total. The van der Waals surface area contributed by atoms with Gasteiger partial charge in [0, 0.05) is 113 Å². The number of aromatic nitrogens is 8. The Morgan fingerprint density at radius 3 is 1.03 bits per heavy atom. The van der Waals surface area contributed by atoms with Crippen LogP contribution in [0.3, 0.4) is 0 Å². The number of hydrogen-bond acceptors (Lipinski definition) is 8. The maximum absolute atomic E-state index is 14.8. The third-order valence-electron chi connectivity index (χ3n) is 23.2. The van der Waals surface area contributed by atoms with E-state index >= 15 is 0 Å². The monoisotopic (exact) mass is 1700 g/mol. The third kappa shape index (κ3) is 14.9. The highest BCUT2D eigenvalue weighted by molar-refractivity contribution is 6.13. The lowest BCUT2D eigenvalue weighted by molar-refractivity contribution is -0.660. The predicted octanol–water partition coefficient (Wildman–Crippen LogP) is 26.0. The van der Waals surface area contributed by atoms with Gasteiger partial charge in [0.1, 0.15) is 28.2 Å². The molecule has 20 aromatic rings. The number of pyridine rings is 8. The Labute approximate surface area is 717 Å². The maximum Gasteiger partial charge on any atom is 0.227 e. The Kier molecular flexibility index (Phi) is 22.1. The molecule has 20 rings (SSSR count). The van der Waals surface area contributed by atoms with E-state index in [9.17, 15) is 43.9 Å². The lowest BCUT2D eigenvalue weighted by Crippen LogP contribution is -2.31. The van der Waals surface area contributed by atoms with Crippen molar-refractivity contribution >= 4 is 88.3 Å². The van der Waals surface area contributed by atoms with Crippen LogP contribution >= 0.6 is 0 Å². The van der Waals surface area contributed by atoms with Crippen molar-refractivity contribution in [1.82, 2.24) is 19.9 Å². The third-order valence-corrected chi connectivity index (χ3v) is 23.2. The van der Waals surface area contributed by atoms with E-state index in [1.165, 1.54) is 63.8 Å². The molecule has 0 spiro atoms. The van der Waals surface area contributed by atoms with Crippen LogP contribution in [0.25, 0.3) is 178 Å². The molecular formula is C104H82F10N8O4+4. The van der Waals surface area contributed by atoms with Gasteiger partial charge in [-0.15, -0.1) is 0 Å². The molecule has 0 fully saturated rings. The average Bonchev–Trinajstić information content (AvgIpc) is 1.48. The zero-order chi connectivity index (χ0) is 88.9. The van der Waals surface area contributed by atoms with Crippen LogP contribution in [0, 0.1) is 99.7 Å². The van der Waals surface area contributed by atoms with Crippen LogP contribution in [0.15, 0.2) is 249 Å². The Morgan fingerprint density at radius 1 is 0.262 bits per heavy atom. The molecule has 12 heterocycles. The topological polar surface area (TPSA) is 120 Å². The van der Waals surface area contributed by atoms with Crippen LogP contribution in [0.4, 0.5) is 43.9 Å². The highest BCUT2D eigenvalue weighted by Crippen LogP contribution is 2.46. The molecule has 0 aliphatic carbocycles. The lowest BCUT2D eigenvalue weighted by atomic mass is 9.93. The molecule has 0 saturated carbocycles. The number of furan rings is 4. The van der Waals surface area contributed by atoms with E-state index in [1.807, 2.05) is 81.4 Å². The standard InChI is InChI=1S/2C27H25N2O.2C25H16F5N2O/c1-17(2)23-14-13-22-21-12-10-18(3)25(26(21)30-27(22)28-23)24-15-11-20(16-29(24)4)19-8-6-5-7-9-19;1-17(2)23-13-12-22-21-11-10-18(3)25(26(21)30-27(22)28-23)24-16-20(14-15-29(24)4)19-8-6-5-7-9-19;1-11-4-6-14-15-7-5-12(2)31-25(15)33-24(14)17(11)16-10-13(8-9-32(16)3)18-19(26)21(28)23(30)22(29)20(18)27;1-11-6-8-13-14-9-7-12(2)31-25(14)33-24(13)16(11)23-15(5-4-10-32(23)3)17-18(26)20(28)22(30)21(29)19(17)27/h2*5-17H,1-4H3;2*4-10H,1-3H3/q4*+1. The largest absolute Gasteiger partial charge is 0.437 e. The van der Waals surface area contributed by atoms with E-state index in [0.29, 0.717) is 73.6 Å². The van der Waals surface area contributed by atoms with E-state index in [0.717, 1.165) is 99.7 Å². The van der Waals surface area contributed by atoms with Crippen LogP contribution in [0.2, 0.25) is 0 Å². The number of aryl methyl sites for hydroxylation is 10. The molecule has 0 N–H and O–H groups in total. The molecule has 0 bridgehead atoms. The quantitative estimate of drug-likeness (QED) is 0.0575. The normalized spacial score (nSPS) is 11.6. The average molecular weight is 1700 g/mol. The van der Waals surface area contributed by atoms with E-state index in [-0.39, 0.29) is 16.8 Å². The summed E-state index contributed by atoms with van der Waals surface area (Å²) in [5.41, 5.74) is 21.2. The van der Waals surface area contributed by atoms with Gasteiger partial charge in [-0.2, -0.15) is 0 Å². The van der Waals surface area contributed by atoms with Crippen LogP contribution < -0.4 is 18.3 Å². The van der Waals surface area contributed by atoms with Gasteiger partial charge in [0.2, 0.25) is 57.3 Å². The number of halogens is 10. The van der Waals surface area contributed by atoms with Gasteiger partial charge in [-0.1, -0.05) is 137 Å². The first kappa shape index (κ1) is 83.7. The highest BCUT2D eigenvalue weighted by atomic mass is 19.2. The van der Waals surface area contributed by atoms with E-state index in [1.54, 1.807) is 36.4 Å². The van der Waals surface area contributed by atoms with Gasteiger partial charge >= 0.3 is 0 Å². The van der Waals surface area contributed by atoms with Crippen molar-refractivity contribution < 1.29 is 79.8 Å². The van der Waals surface area contributed by atoms with Crippen molar-refractivity contribution in [2.75, 3.05) is 0 Å². The van der Waals surface area contributed by atoms with Crippen molar-refractivity contribution in [2.45, 2.75) is 81.1 Å². The maximum atomic E-state index is 14.8. The second-order valence-corrected chi connectivity index (χ2v) is 32.3. The summed E-state index contributed by atoms with van der Waals surface area (Å²) in [5, 5.41) is 7.41. The van der Waals surface area contributed by atoms with Crippen molar-refractivity contribution in [2.24, 2.45) is 28.2 Å². The molecular weight excluding hydrogens is 1620 g/mol.